The van der Waals surface area contributed by atoms with Crippen molar-refractivity contribution in [3.8, 4) is 0 Å². The molecule has 7 heteroatoms. The fraction of sp³-hybridized carbons (Fsp3) is 0.556. The fourth-order valence-electron chi connectivity index (χ4n) is 3.24. The van der Waals surface area contributed by atoms with Gasteiger partial charge in [0.2, 0.25) is 5.91 Å². The summed E-state index contributed by atoms with van der Waals surface area (Å²) >= 11 is 0. The standard InChI is InChI=1S/C18H25F2N3O2/c1-10(2)16(18(25)22-14-8-3-5-11(14)9-21)23-17(24)15-12(19)6-4-7-13(15)20/h4,6-7,10-11,14,16H,3,5,8-9,21H2,1-2H3,(H,22,25)(H,23,24). The van der Waals surface area contributed by atoms with Crippen LogP contribution in [0.5, 0.6) is 0 Å². The lowest BCUT2D eigenvalue weighted by atomic mass is 10.00. The number of hydrogen-bond acceptors (Lipinski definition) is 3. The monoisotopic (exact) mass is 353 g/mol. The number of nitrogens with one attached hydrogen (secondary N) is 2. The van der Waals surface area contributed by atoms with Gasteiger partial charge >= 0.3 is 0 Å². The Morgan fingerprint density at radius 2 is 1.88 bits per heavy atom. The van der Waals surface area contributed by atoms with E-state index in [9.17, 15) is 18.4 Å². The molecule has 0 spiro atoms. The van der Waals surface area contributed by atoms with Gasteiger partial charge in [-0.15, -0.1) is 0 Å². The first-order valence-corrected chi connectivity index (χ1v) is 8.60. The van der Waals surface area contributed by atoms with Crippen LogP contribution < -0.4 is 16.4 Å². The van der Waals surface area contributed by atoms with Crippen LogP contribution in [0, 0.1) is 23.5 Å². The van der Waals surface area contributed by atoms with Crippen LogP contribution in [0.3, 0.4) is 0 Å². The summed E-state index contributed by atoms with van der Waals surface area (Å²) in [5, 5.41) is 5.38. The van der Waals surface area contributed by atoms with Gasteiger partial charge in [-0.25, -0.2) is 8.78 Å². The van der Waals surface area contributed by atoms with E-state index in [0.29, 0.717) is 6.54 Å². The van der Waals surface area contributed by atoms with Gasteiger partial charge in [-0.1, -0.05) is 26.3 Å². The zero-order chi connectivity index (χ0) is 18.6. The van der Waals surface area contributed by atoms with Gasteiger partial charge in [-0.3, -0.25) is 9.59 Å². The number of benzene rings is 1. The normalized spacial score (nSPS) is 21.2. The zero-order valence-corrected chi connectivity index (χ0v) is 14.5. The molecular formula is C18H25F2N3O2. The third-order valence-electron chi connectivity index (χ3n) is 4.72. The van der Waals surface area contributed by atoms with E-state index in [2.05, 4.69) is 10.6 Å². The summed E-state index contributed by atoms with van der Waals surface area (Å²) in [6, 6.07) is 2.28. The number of carbonyl (C=O) groups is 2. The second kappa shape index (κ2) is 8.38. The van der Waals surface area contributed by atoms with Crippen molar-refractivity contribution in [1.82, 2.24) is 10.6 Å². The molecule has 3 atom stereocenters. The lowest BCUT2D eigenvalue weighted by Gasteiger charge is -2.26. The van der Waals surface area contributed by atoms with E-state index in [1.807, 2.05) is 0 Å². The van der Waals surface area contributed by atoms with Gasteiger partial charge in [0.25, 0.3) is 5.91 Å². The molecule has 4 N–H and O–H groups in total. The van der Waals surface area contributed by atoms with Gasteiger partial charge in [0.15, 0.2) is 0 Å². The second-order valence-electron chi connectivity index (χ2n) is 6.83. The SMILES string of the molecule is CC(C)C(NC(=O)c1c(F)cccc1F)C(=O)NC1CCCC1CN. The maximum atomic E-state index is 13.8. The molecule has 0 aromatic heterocycles. The van der Waals surface area contributed by atoms with Crippen LogP contribution in [0.2, 0.25) is 0 Å². The molecule has 2 amide bonds. The molecule has 0 aliphatic heterocycles. The number of hydrogen-bond donors (Lipinski definition) is 3. The van der Waals surface area contributed by atoms with Gasteiger partial charge in [0, 0.05) is 6.04 Å². The average Bonchev–Trinajstić information content (AvgIpc) is 2.99. The summed E-state index contributed by atoms with van der Waals surface area (Å²) in [6.45, 7) is 4.01. The van der Waals surface area contributed by atoms with Crippen LogP contribution in [0.1, 0.15) is 43.5 Å². The molecule has 5 nitrogen and oxygen atoms in total. The molecule has 1 aliphatic carbocycles. The molecule has 1 aliphatic rings. The lowest BCUT2D eigenvalue weighted by Crippen LogP contribution is -2.53. The molecule has 0 heterocycles. The molecule has 1 saturated carbocycles. The third kappa shape index (κ3) is 4.54. The Bertz CT molecular complexity index is 616. The molecule has 0 bridgehead atoms. The zero-order valence-electron chi connectivity index (χ0n) is 14.5. The summed E-state index contributed by atoms with van der Waals surface area (Å²) in [7, 11) is 0. The molecule has 3 unspecified atom stereocenters. The molecule has 0 saturated heterocycles. The highest BCUT2D eigenvalue weighted by molar-refractivity contribution is 5.98. The smallest absolute Gasteiger partial charge is 0.257 e. The molecule has 25 heavy (non-hydrogen) atoms. The Morgan fingerprint density at radius 1 is 1.24 bits per heavy atom. The first kappa shape index (κ1) is 19.3. The summed E-state index contributed by atoms with van der Waals surface area (Å²) in [5.41, 5.74) is 5.04. The summed E-state index contributed by atoms with van der Waals surface area (Å²) < 4.78 is 27.5. The first-order valence-electron chi connectivity index (χ1n) is 8.60. The number of halogens is 2. The predicted octanol–water partition coefficient (Wildman–Crippen LogP) is 1.96. The van der Waals surface area contributed by atoms with Crippen LogP contribution in [0.4, 0.5) is 8.78 Å². The van der Waals surface area contributed by atoms with Crippen LogP contribution in [0.25, 0.3) is 0 Å². The topological polar surface area (TPSA) is 84.2 Å². The van der Waals surface area contributed by atoms with Gasteiger partial charge in [0.1, 0.15) is 23.2 Å². The molecule has 138 valence electrons. The second-order valence-corrected chi connectivity index (χ2v) is 6.83. The number of carbonyl (C=O) groups excluding carboxylic acids is 2. The molecular weight excluding hydrogens is 328 g/mol. The van der Waals surface area contributed by atoms with Gasteiger partial charge in [-0.05, 0) is 43.4 Å². The minimum absolute atomic E-state index is 0.0270. The van der Waals surface area contributed by atoms with Gasteiger partial charge in [0.05, 0.1) is 0 Å². The van der Waals surface area contributed by atoms with E-state index >= 15 is 0 Å². The van der Waals surface area contributed by atoms with Crippen LogP contribution in [-0.2, 0) is 4.79 Å². The highest BCUT2D eigenvalue weighted by Crippen LogP contribution is 2.25. The van der Waals surface area contributed by atoms with Crippen molar-refractivity contribution in [2.75, 3.05) is 6.54 Å². The van der Waals surface area contributed by atoms with E-state index in [1.165, 1.54) is 6.07 Å². The Labute approximate surface area is 146 Å². The highest BCUT2D eigenvalue weighted by Gasteiger charge is 2.32. The van der Waals surface area contributed by atoms with E-state index < -0.39 is 29.1 Å². The van der Waals surface area contributed by atoms with Crippen molar-refractivity contribution in [3.63, 3.8) is 0 Å². The summed E-state index contributed by atoms with van der Waals surface area (Å²) in [4.78, 5) is 24.9. The Morgan fingerprint density at radius 3 is 2.44 bits per heavy atom. The molecule has 1 aromatic carbocycles. The van der Waals surface area contributed by atoms with Crippen molar-refractivity contribution >= 4 is 11.8 Å². The number of amides is 2. The predicted molar refractivity (Wildman–Crippen MR) is 90.8 cm³/mol. The quantitative estimate of drug-likeness (QED) is 0.731. The maximum absolute atomic E-state index is 13.8. The molecule has 2 rings (SSSR count). The Kier molecular flexibility index (Phi) is 6.47. The van der Waals surface area contributed by atoms with E-state index in [-0.39, 0.29) is 23.8 Å². The number of rotatable bonds is 6. The van der Waals surface area contributed by atoms with E-state index in [0.717, 1.165) is 31.4 Å². The molecule has 1 fully saturated rings. The van der Waals surface area contributed by atoms with E-state index in [1.54, 1.807) is 13.8 Å². The van der Waals surface area contributed by atoms with Gasteiger partial charge in [-0.2, -0.15) is 0 Å². The first-order chi connectivity index (χ1) is 11.8. The van der Waals surface area contributed by atoms with Crippen molar-refractivity contribution in [3.05, 3.63) is 35.4 Å². The molecule has 0 radical (unpaired) electrons. The minimum atomic E-state index is -0.959. The number of nitrogens with two attached hydrogens (primary N) is 1. The van der Waals surface area contributed by atoms with Crippen LogP contribution in [-0.4, -0.2) is 30.4 Å². The van der Waals surface area contributed by atoms with Gasteiger partial charge < -0.3 is 16.4 Å². The largest absolute Gasteiger partial charge is 0.351 e. The van der Waals surface area contributed by atoms with Crippen molar-refractivity contribution in [2.45, 2.75) is 45.2 Å². The van der Waals surface area contributed by atoms with Crippen molar-refractivity contribution in [1.29, 1.82) is 0 Å². The maximum Gasteiger partial charge on any atom is 0.257 e. The van der Waals surface area contributed by atoms with Crippen LogP contribution in [0.15, 0.2) is 18.2 Å². The van der Waals surface area contributed by atoms with Crippen molar-refractivity contribution in [2.24, 2.45) is 17.6 Å². The highest BCUT2D eigenvalue weighted by atomic mass is 19.1. The third-order valence-corrected chi connectivity index (χ3v) is 4.72. The molecule has 1 aromatic rings. The fourth-order valence-corrected chi connectivity index (χ4v) is 3.24. The summed E-state index contributed by atoms with van der Waals surface area (Å²) in [6.07, 6.45) is 2.79. The van der Waals surface area contributed by atoms with Crippen molar-refractivity contribution < 1.29 is 18.4 Å². The average molecular weight is 353 g/mol. The van der Waals surface area contributed by atoms with Crippen LogP contribution >= 0.6 is 0 Å². The summed E-state index contributed by atoms with van der Waals surface area (Å²) in [5.74, 6) is -3.23. The lowest BCUT2D eigenvalue weighted by molar-refractivity contribution is -0.124. The Balaban J connectivity index is 2.10. The minimum Gasteiger partial charge on any atom is -0.351 e. The Hall–Kier alpha value is -2.02. The van der Waals surface area contributed by atoms with E-state index in [4.69, 9.17) is 5.73 Å².